The molecule has 0 bridgehead atoms. The Labute approximate surface area is 120 Å². The Morgan fingerprint density at radius 3 is 2.75 bits per heavy atom. The van der Waals surface area contributed by atoms with Crippen LogP contribution in [0.1, 0.15) is 33.6 Å². The molecule has 0 aliphatic carbocycles. The van der Waals surface area contributed by atoms with Crippen LogP contribution < -0.4 is 5.32 Å². The fourth-order valence-electron chi connectivity index (χ4n) is 2.76. The standard InChI is InChI=1S/C14H25N3O3/c1-14(2,3)15-7-10(18)8-16-9-12(19)17-6-4-5-11(17)13(16)20/h10-11,15,18H,4-9H2,1-3H3. The van der Waals surface area contributed by atoms with E-state index in [2.05, 4.69) is 5.32 Å². The minimum absolute atomic E-state index is 0.00285. The number of carbonyl (C=O) groups excluding carboxylic acids is 2. The summed E-state index contributed by atoms with van der Waals surface area (Å²) in [5.41, 5.74) is -0.0784. The monoisotopic (exact) mass is 283 g/mol. The summed E-state index contributed by atoms with van der Waals surface area (Å²) < 4.78 is 0. The van der Waals surface area contributed by atoms with Crippen LogP contribution in [0.5, 0.6) is 0 Å². The van der Waals surface area contributed by atoms with Crippen LogP contribution in [0.4, 0.5) is 0 Å². The van der Waals surface area contributed by atoms with Crippen molar-refractivity contribution in [2.45, 2.75) is 51.3 Å². The topological polar surface area (TPSA) is 72.9 Å². The van der Waals surface area contributed by atoms with Gasteiger partial charge in [0.2, 0.25) is 11.8 Å². The molecule has 6 nitrogen and oxygen atoms in total. The molecule has 2 amide bonds. The largest absolute Gasteiger partial charge is 0.390 e. The fourth-order valence-corrected chi connectivity index (χ4v) is 2.76. The van der Waals surface area contributed by atoms with Crippen molar-refractivity contribution in [3.63, 3.8) is 0 Å². The molecule has 0 aromatic rings. The Morgan fingerprint density at radius 1 is 1.40 bits per heavy atom. The maximum absolute atomic E-state index is 12.3. The molecule has 2 heterocycles. The zero-order valence-corrected chi connectivity index (χ0v) is 12.6. The van der Waals surface area contributed by atoms with Crippen molar-refractivity contribution in [3.8, 4) is 0 Å². The maximum atomic E-state index is 12.3. The second-order valence-corrected chi connectivity index (χ2v) is 6.75. The number of β-amino-alcohol motifs (C(OH)–C–C–N with tert-alkyl or cyclic N) is 1. The van der Waals surface area contributed by atoms with Crippen LogP contribution in [0.2, 0.25) is 0 Å². The molecule has 2 unspecified atom stereocenters. The highest BCUT2D eigenvalue weighted by atomic mass is 16.3. The predicted molar refractivity (Wildman–Crippen MR) is 75.1 cm³/mol. The number of carbonyl (C=O) groups is 2. The average molecular weight is 283 g/mol. The first-order valence-electron chi connectivity index (χ1n) is 7.29. The van der Waals surface area contributed by atoms with Gasteiger partial charge >= 0.3 is 0 Å². The van der Waals surface area contributed by atoms with Crippen molar-refractivity contribution < 1.29 is 14.7 Å². The molecule has 20 heavy (non-hydrogen) atoms. The van der Waals surface area contributed by atoms with Crippen molar-refractivity contribution in [2.24, 2.45) is 0 Å². The van der Waals surface area contributed by atoms with Crippen LogP contribution in [0.3, 0.4) is 0 Å². The molecule has 2 aliphatic heterocycles. The summed E-state index contributed by atoms with van der Waals surface area (Å²) in [6, 6.07) is -0.293. The van der Waals surface area contributed by atoms with E-state index in [0.717, 1.165) is 12.8 Å². The highest BCUT2D eigenvalue weighted by molar-refractivity contribution is 5.95. The average Bonchev–Trinajstić information content (AvgIpc) is 2.82. The molecular weight excluding hydrogens is 258 g/mol. The Bertz CT molecular complexity index is 392. The quantitative estimate of drug-likeness (QED) is 0.734. The smallest absolute Gasteiger partial charge is 0.245 e. The van der Waals surface area contributed by atoms with Crippen LogP contribution in [-0.2, 0) is 9.59 Å². The Balaban J connectivity index is 1.89. The lowest BCUT2D eigenvalue weighted by Gasteiger charge is -2.37. The Kier molecular flexibility index (Phi) is 4.34. The van der Waals surface area contributed by atoms with Gasteiger partial charge in [-0.25, -0.2) is 0 Å². The molecule has 2 aliphatic rings. The summed E-state index contributed by atoms with van der Waals surface area (Å²) in [6.45, 7) is 7.48. The highest BCUT2D eigenvalue weighted by Crippen LogP contribution is 2.23. The van der Waals surface area contributed by atoms with Crippen LogP contribution in [0.15, 0.2) is 0 Å². The lowest BCUT2D eigenvalue weighted by atomic mass is 10.1. The first kappa shape index (κ1) is 15.3. The van der Waals surface area contributed by atoms with Gasteiger partial charge in [-0.1, -0.05) is 0 Å². The number of aliphatic hydroxyl groups is 1. The molecule has 114 valence electrons. The zero-order valence-electron chi connectivity index (χ0n) is 12.6. The van der Waals surface area contributed by atoms with E-state index >= 15 is 0 Å². The van der Waals surface area contributed by atoms with Crippen molar-refractivity contribution in [1.29, 1.82) is 0 Å². The molecule has 0 aromatic carbocycles. The van der Waals surface area contributed by atoms with E-state index in [1.807, 2.05) is 20.8 Å². The second kappa shape index (κ2) is 5.69. The number of fused-ring (bicyclic) bond motifs is 1. The van der Waals surface area contributed by atoms with Gasteiger partial charge in [0.05, 0.1) is 12.6 Å². The molecular formula is C14H25N3O3. The van der Waals surface area contributed by atoms with Crippen molar-refractivity contribution >= 4 is 11.8 Å². The third-order valence-corrected chi connectivity index (χ3v) is 3.80. The fraction of sp³-hybridized carbons (Fsp3) is 0.857. The van der Waals surface area contributed by atoms with E-state index in [0.29, 0.717) is 13.1 Å². The summed E-state index contributed by atoms with van der Waals surface area (Å²) in [5.74, 6) is -0.0139. The number of hydrogen-bond donors (Lipinski definition) is 2. The SMILES string of the molecule is CC(C)(C)NCC(O)CN1CC(=O)N2CCCC2C1=O. The molecule has 0 saturated carbocycles. The lowest BCUT2D eigenvalue weighted by molar-refractivity contribution is -0.154. The number of piperazine rings is 1. The minimum atomic E-state index is -0.654. The molecule has 2 rings (SSSR count). The summed E-state index contributed by atoms with van der Waals surface area (Å²) in [6.07, 6.45) is 0.987. The van der Waals surface area contributed by atoms with E-state index < -0.39 is 6.10 Å². The first-order valence-corrected chi connectivity index (χ1v) is 7.29. The summed E-state index contributed by atoms with van der Waals surface area (Å²) >= 11 is 0. The van der Waals surface area contributed by atoms with E-state index in [1.165, 1.54) is 4.90 Å². The molecule has 2 N–H and O–H groups in total. The first-order chi connectivity index (χ1) is 9.28. The van der Waals surface area contributed by atoms with E-state index in [9.17, 15) is 14.7 Å². The van der Waals surface area contributed by atoms with Crippen molar-refractivity contribution in [2.75, 3.05) is 26.2 Å². The Hall–Kier alpha value is -1.14. The third kappa shape index (κ3) is 3.49. The van der Waals surface area contributed by atoms with E-state index in [-0.39, 0.29) is 36.5 Å². The third-order valence-electron chi connectivity index (χ3n) is 3.80. The predicted octanol–water partition coefficient (Wildman–Crippen LogP) is -0.431. The number of rotatable bonds is 4. The molecule has 2 fully saturated rings. The van der Waals surface area contributed by atoms with Gasteiger partial charge in [0.25, 0.3) is 0 Å². The molecule has 0 radical (unpaired) electrons. The van der Waals surface area contributed by atoms with Crippen molar-refractivity contribution in [1.82, 2.24) is 15.1 Å². The second-order valence-electron chi connectivity index (χ2n) is 6.75. The highest BCUT2D eigenvalue weighted by Gasteiger charge is 2.42. The van der Waals surface area contributed by atoms with Crippen molar-refractivity contribution in [3.05, 3.63) is 0 Å². The number of nitrogens with zero attached hydrogens (tertiary/aromatic N) is 2. The van der Waals surface area contributed by atoms with Gasteiger partial charge in [0.15, 0.2) is 0 Å². The molecule has 2 saturated heterocycles. The molecule has 0 spiro atoms. The number of aliphatic hydroxyl groups excluding tert-OH is 1. The maximum Gasteiger partial charge on any atom is 0.245 e. The van der Waals surface area contributed by atoms with Gasteiger partial charge < -0.3 is 20.2 Å². The minimum Gasteiger partial charge on any atom is -0.390 e. The van der Waals surface area contributed by atoms with Gasteiger partial charge in [-0.15, -0.1) is 0 Å². The van der Waals surface area contributed by atoms with Crippen LogP contribution in [0.25, 0.3) is 0 Å². The molecule has 2 atom stereocenters. The van der Waals surface area contributed by atoms with Gasteiger partial charge in [0.1, 0.15) is 6.04 Å². The van der Waals surface area contributed by atoms with Gasteiger partial charge in [-0.3, -0.25) is 9.59 Å². The molecule has 0 aromatic heterocycles. The van der Waals surface area contributed by atoms with Gasteiger partial charge in [-0.2, -0.15) is 0 Å². The van der Waals surface area contributed by atoms with Gasteiger partial charge in [-0.05, 0) is 33.6 Å². The Morgan fingerprint density at radius 2 is 2.10 bits per heavy atom. The summed E-state index contributed by atoms with van der Waals surface area (Å²) in [4.78, 5) is 27.4. The summed E-state index contributed by atoms with van der Waals surface area (Å²) in [7, 11) is 0. The van der Waals surface area contributed by atoms with Gasteiger partial charge in [0, 0.05) is 25.2 Å². The van der Waals surface area contributed by atoms with Crippen LogP contribution >= 0.6 is 0 Å². The number of nitrogens with one attached hydrogen (secondary N) is 1. The zero-order chi connectivity index (χ0) is 14.9. The van der Waals surface area contributed by atoms with E-state index in [4.69, 9.17) is 0 Å². The number of amides is 2. The molecule has 6 heteroatoms. The summed E-state index contributed by atoms with van der Waals surface area (Å²) in [5, 5.41) is 13.2. The lowest BCUT2D eigenvalue weighted by Crippen LogP contribution is -2.59. The van der Waals surface area contributed by atoms with Crippen LogP contribution in [0, 0.1) is 0 Å². The van der Waals surface area contributed by atoms with E-state index in [1.54, 1.807) is 4.90 Å². The van der Waals surface area contributed by atoms with Crippen LogP contribution in [-0.4, -0.2) is 70.6 Å². The number of hydrogen-bond acceptors (Lipinski definition) is 4. The normalized spacial score (nSPS) is 25.1.